The minimum absolute atomic E-state index is 0.0557. The summed E-state index contributed by atoms with van der Waals surface area (Å²) in [5.41, 5.74) is -0.475. The fourth-order valence-corrected chi connectivity index (χ4v) is 6.24. The van der Waals surface area contributed by atoms with Gasteiger partial charge in [0.25, 0.3) is 17.7 Å². The molecule has 14 heteroatoms. The van der Waals surface area contributed by atoms with E-state index < -0.39 is 53.3 Å². The van der Waals surface area contributed by atoms with Gasteiger partial charge in [0.1, 0.15) is 23.7 Å². The van der Waals surface area contributed by atoms with Crippen LogP contribution in [-0.4, -0.2) is 71.3 Å². The molecule has 0 spiro atoms. The number of para-hydroxylation sites is 1. The van der Waals surface area contributed by atoms with Crippen molar-refractivity contribution in [2.45, 2.75) is 31.1 Å². The van der Waals surface area contributed by atoms with Crippen molar-refractivity contribution in [3.63, 3.8) is 0 Å². The van der Waals surface area contributed by atoms with Gasteiger partial charge in [0.2, 0.25) is 0 Å². The Morgan fingerprint density at radius 2 is 1.78 bits per heavy atom. The van der Waals surface area contributed by atoms with Crippen molar-refractivity contribution in [3.8, 4) is 11.8 Å². The molecule has 3 aromatic carbocycles. The van der Waals surface area contributed by atoms with Gasteiger partial charge >= 0.3 is 6.18 Å². The number of rotatable bonds is 8. The van der Waals surface area contributed by atoms with Gasteiger partial charge in [0.15, 0.2) is 5.69 Å². The molecule has 2 aliphatic heterocycles. The maximum atomic E-state index is 14.4. The quantitative estimate of drug-likeness (QED) is 0.265. The van der Waals surface area contributed by atoms with E-state index in [2.05, 4.69) is 11.4 Å². The topological polar surface area (TPSA) is 121 Å². The molecule has 1 saturated heterocycles. The van der Waals surface area contributed by atoms with E-state index >= 15 is 0 Å². The third-order valence-electron chi connectivity index (χ3n) is 8.80. The predicted molar refractivity (Wildman–Crippen MR) is 168 cm³/mol. The van der Waals surface area contributed by atoms with Crippen LogP contribution in [0.4, 0.5) is 23.4 Å². The third-order valence-corrected chi connectivity index (χ3v) is 8.80. The van der Waals surface area contributed by atoms with Gasteiger partial charge < -0.3 is 15.0 Å². The first-order chi connectivity index (χ1) is 23.4. The Balaban J connectivity index is 1.55. The first-order valence-electron chi connectivity index (χ1n) is 15.4. The zero-order valence-electron chi connectivity index (χ0n) is 26.3. The van der Waals surface area contributed by atoms with Crippen LogP contribution in [-0.2, 0) is 15.7 Å². The Labute approximate surface area is 278 Å². The average Bonchev–Trinajstić information content (AvgIpc) is 3.46. The molecule has 3 amide bonds. The van der Waals surface area contributed by atoms with E-state index in [0.717, 1.165) is 24.3 Å². The van der Waals surface area contributed by atoms with Crippen LogP contribution >= 0.6 is 0 Å². The number of carbonyl (C=O) groups excluding carboxylic acids is 3. The van der Waals surface area contributed by atoms with Gasteiger partial charge in [-0.1, -0.05) is 36.4 Å². The predicted octanol–water partition coefficient (Wildman–Crippen LogP) is 4.94. The average molecular weight is 675 g/mol. The Bertz CT molecular complexity index is 1940. The standard InChI is InChI=1S/C35H30F4N6O4/c1-3-44-32-28(30(42-45(32)25-10-5-4-6-11-25)33(47)43(2)26(17-40)22-18-49-19-22)27(20-12-14-24(36)15-13-20)29(34(44)48)41-31(46)21-8-7-9-23(16-21)35(37,38)39/h4-16,22,26-27,29H,3,18-19H2,1-2H3,(H,41,46)/t26-,27?,29?/m0/s1. The van der Waals surface area contributed by atoms with Crippen molar-refractivity contribution in [2.75, 3.05) is 31.7 Å². The summed E-state index contributed by atoms with van der Waals surface area (Å²) >= 11 is 0. The highest BCUT2D eigenvalue weighted by Gasteiger charge is 2.48. The molecule has 2 unspecified atom stereocenters. The molecule has 0 saturated carbocycles. The lowest BCUT2D eigenvalue weighted by Gasteiger charge is -2.39. The molecule has 252 valence electrons. The van der Waals surface area contributed by atoms with Crippen molar-refractivity contribution in [2.24, 2.45) is 5.92 Å². The maximum absolute atomic E-state index is 14.4. The number of nitrogens with one attached hydrogen (secondary N) is 1. The number of ether oxygens (including phenoxy) is 1. The second kappa shape index (κ2) is 13.2. The van der Waals surface area contributed by atoms with Crippen LogP contribution in [0.25, 0.3) is 5.69 Å². The van der Waals surface area contributed by atoms with E-state index in [9.17, 15) is 37.2 Å². The molecule has 6 rings (SSSR count). The summed E-state index contributed by atoms with van der Waals surface area (Å²) in [5, 5.41) is 17.4. The molecule has 0 radical (unpaired) electrons. The molecule has 2 aliphatic rings. The summed E-state index contributed by atoms with van der Waals surface area (Å²) in [6, 6.07) is 17.5. The number of halogens is 4. The molecule has 3 atom stereocenters. The summed E-state index contributed by atoms with van der Waals surface area (Å²) in [5.74, 6) is -4.01. The molecule has 49 heavy (non-hydrogen) atoms. The van der Waals surface area contributed by atoms with E-state index in [1.54, 1.807) is 37.3 Å². The van der Waals surface area contributed by atoms with Gasteiger partial charge in [0, 0.05) is 36.6 Å². The number of benzene rings is 3. The molecule has 1 aromatic heterocycles. The Kier molecular flexibility index (Phi) is 8.96. The van der Waals surface area contributed by atoms with E-state index in [1.807, 2.05) is 0 Å². The zero-order chi connectivity index (χ0) is 35.0. The SMILES string of the molecule is CCN1C(=O)C(NC(=O)c2cccc(C(F)(F)F)c2)C(c2ccc(F)cc2)c2c(C(=O)N(C)[C@@H](C#N)C3COC3)nn(-c3ccccc3)c21. The number of nitriles is 1. The molecule has 10 nitrogen and oxygen atoms in total. The Morgan fingerprint density at radius 1 is 1.08 bits per heavy atom. The summed E-state index contributed by atoms with van der Waals surface area (Å²) < 4.78 is 61.5. The number of alkyl halides is 3. The first kappa shape index (κ1) is 33.4. The van der Waals surface area contributed by atoms with Crippen LogP contribution in [0.3, 0.4) is 0 Å². The molecular formula is C35H30F4N6O4. The van der Waals surface area contributed by atoms with Gasteiger partial charge in [-0.3, -0.25) is 19.3 Å². The highest BCUT2D eigenvalue weighted by Crippen LogP contribution is 2.44. The number of fused-ring (bicyclic) bond motifs is 1. The van der Waals surface area contributed by atoms with Gasteiger partial charge in [-0.2, -0.15) is 23.5 Å². The molecule has 1 fully saturated rings. The number of nitrogens with zero attached hydrogens (tertiary/aromatic N) is 5. The largest absolute Gasteiger partial charge is 0.416 e. The lowest BCUT2D eigenvalue weighted by Crippen LogP contribution is -2.56. The van der Waals surface area contributed by atoms with E-state index in [0.29, 0.717) is 17.3 Å². The number of carbonyl (C=O) groups is 3. The summed E-state index contributed by atoms with van der Waals surface area (Å²) in [7, 11) is 1.47. The molecule has 3 heterocycles. The van der Waals surface area contributed by atoms with E-state index in [-0.39, 0.29) is 48.3 Å². The fraction of sp³-hybridized carbons (Fsp3) is 0.286. The van der Waals surface area contributed by atoms with Crippen LogP contribution in [0.1, 0.15) is 50.4 Å². The lowest BCUT2D eigenvalue weighted by molar-refractivity contribution is -0.137. The lowest BCUT2D eigenvalue weighted by atomic mass is 9.80. The van der Waals surface area contributed by atoms with Crippen molar-refractivity contribution >= 4 is 23.5 Å². The number of hydrogen-bond acceptors (Lipinski definition) is 6. The van der Waals surface area contributed by atoms with Crippen molar-refractivity contribution in [1.29, 1.82) is 5.26 Å². The number of hydrogen-bond donors (Lipinski definition) is 1. The number of amides is 3. The van der Waals surface area contributed by atoms with Crippen molar-refractivity contribution in [3.05, 3.63) is 113 Å². The van der Waals surface area contributed by atoms with Gasteiger partial charge in [-0.15, -0.1) is 0 Å². The van der Waals surface area contributed by atoms with Gasteiger partial charge in [0.05, 0.1) is 30.5 Å². The van der Waals surface area contributed by atoms with E-state index in [1.165, 1.54) is 39.7 Å². The minimum atomic E-state index is -4.72. The normalized spacial score (nSPS) is 18.2. The number of aromatic nitrogens is 2. The van der Waals surface area contributed by atoms with E-state index in [4.69, 9.17) is 9.84 Å². The Morgan fingerprint density at radius 3 is 2.37 bits per heavy atom. The second-order valence-electron chi connectivity index (χ2n) is 11.8. The number of likely N-dealkylation sites (N-methyl/N-ethyl adjacent to an activating group) is 1. The molecule has 0 aliphatic carbocycles. The number of anilines is 1. The summed E-state index contributed by atoms with van der Waals surface area (Å²) in [4.78, 5) is 45.0. The summed E-state index contributed by atoms with van der Waals surface area (Å²) in [6.45, 7) is 2.31. The van der Waals surface area contributed by atoms with Gasteiger partial charge in [-0.25, -0.2) is 9.07 Å². The monoisotopic (exact) mass is 674 g/mol. The van der Waals surface area contributed by atoms with Crippen LogP contribution in [0.2, 0.25) is 0 Å². The maximum Gasteiger partial charge on any atom is 0.416 e. The third kappa shape index (κ3) is 6.13. The first-order valence-corrected chi connectivity index (χ1v) is 15.4. The van der Waals surface area contributed by atoms with Crippen LogP contribution in [0, 0.1) is 23.1 Å². The van der Waals surface area contributed by atoms with Crippen molar-refractivity contribution < 1.29 is 36.7 Å². The minimum Gasteiger partial charge on any atom is -0.380 e. The molecular weight excluding hydrogens is 644 g/mol. The fourth-order valence-electron chi connectivity index (χ4n) is 6.24. The smallest absolute Gasteiger partial charge is 0.380 e. The molecule has 0 bridgehead atoms. The molecule has 1 N–H and O–H groups in total. The zero-order valence-corrected chi connectivity index (χ0v) is 26.3. The van der Waals surface area contributed by atoms with Crippen LogP contribution in [0.15, 0.2) is 78.9 Å². The second-order valence-corrected chi connectivity index (χ2v) is 11.8. The highest BCUT2D eigenvalue weighted by molar-refractivity contribution is 6.07. The van der Waals surface area contributed by atoms with Crippen LogP contribution in [0.5, 0.6) is 0 Å². The Hall–Kier alpha value is -5.55. The van der Waals surface area contributed by atoms with Crippen molar-refractivity contribution in [1.82, 2.24) is 20.0 Å². The van der Waals surface area contributed by atoms with Gasteiger partial charge in [-0.05, 0) is 55.0 Å². The summed E-state index contributed by atoms with van der Waals surface area (Å²) in [6.07, 6.45) is -4.72. The highest BCUT2D eigenvalue weighted by atomic mass is 19.4. The van der Waals surface area contributed by atoms with Crippen LogP contribution < -0.4 is 10.2 Å². The molecule has 4 aromatic rings.